The zero-order chi connectivity index (χ0) is 13.4. The van der Waals surface area contributed by atoms with Gasteiger partial charge >= 0.3 is 0 Å². The average molecular weight is 273 g/mol. The van der Waals surface area contributed by atoms with Gasteiger partial charge in [-0.3, -0.25) is 4.98 Å². The van der Waals surface area contributed by atoms with Crippen LogP contribution in [-0.4, -0.2) is 14.8 Å². The second kappa shape index (κ2) is 4.55. The molecule has 0 bridgehead atoms. The number of fused-ring (bicyclic) bond motifs is 1. The van der Waals surface area contributed by atoms with E-state index in [-0.39, 0.29) is 0 Å². The van der Waals surface area contributed by atoms with Crippen molar-refractivity contribution < 1.29 is 0 Å². The van der Waals surface area contributed by atoms with E-state index in [2.05, 4.69) is 10.1 Å². The monoisotopic (exact) mass is 272 g/mol. The van der Waals surface area contributed by atoms with Gasteiger partial charge in [0.2, 0.25) is 0 Å². The number of pyridine rings is 1. The minimum Gasteiger partial charge on any atom is -0.384 e. The van der Waals surface area contributed by atoms with Crippen LogP contribution >= 0.6 is 11.6 Å². The zero-order valence-corrected chi connectivity index (χ0v) is 11.2. The fourth-order valence-corrected chi connectivity index (χ4v) is 2.39. The molecule has 2 heterocycles. The lowest BCUT2D eigenvalue weighted by atomic mass is 10.1. The third-order valence-electron chi connectivity index (χ3n) is 3.05. The van der Waals surface area contributed by atoms with Gasteiger partial charge in [-0.25, -0.2) is 4.68 Å². The Morgan fingerprint density at radius 2 is 2.16 bits per heavy atom. The molecule has 96 valence electrons. The highest BCUT2D eigenvalue weighted by atomic mass is 35.5. The van der Waals surface area contributed by atoms with Crippen molar-refractivity contribution in [2.75, 3.05) is 5.73 Å². The van der Waals surface area contributed by atoms with Crippen molar-refractivity contribution in [3.8, 4) is 0 Å². The minimum absolute atomic E-state index is 0.588. The topological polar surface area (TPSA) is 56.7 Å². The van der Waals surface area contributed by atoms with E-state index in [4.69, 9.17) is 17.3 Å². The molecule has 2 N–H and O–H groups in total. The first-order chi connectivity index (χ1) is 9.15. The van der Waals surface area contributed by atoms with Crippen molar-refractivity contribution in [1.82, 2.24) is 14.8 Å². The summed E-state index contributed by atoms with van der Waals surface area (Å²) < 4.78 is 1.77. The fraction of sp³-hybridized carbons (Fsp3) is 0.143. The first-order valence-corrected chi connectivity index (χ1v) is 6.35. The van der Waals surface area contributed by atoms with Crippen LogP contribution in [0.15, 0.2) is 36.5 Å². The maximum Gasteiger partial charge on any atom is 0.122 e. The minimum atomic E-state index is 0.588. The summed E-state index contributed by atoms with van der Waals surface area (Å²) in [5.41, 5.74) is 8.77. The normalized spacial score (nSPS) is 11.1. The van der Waals surface area contributed by atoms with Gasteiger partial charge in [-0.1, -0.05) is 17.7 Å². The van der Waals surface area contributed by atoms with E-state index < -0.39 is 0 Å². The molecule has 4 nitrogen and oxygen atoms in total. The molecule has 3 aromatic rings. The first-order valence-electron chi connectivity index (χ1n) is 5.97. The molecule has 5 heteroatoms. The molecule has 1 aromatic carbocycles. The predicted molar refractivity (Wildman–Crippen MR) is 77.2 cm³/mol. The maximum absolute atomic E-state index is 6.18. The van der Waals surface area contributed by atoms with E-state index in [0.29, 0.717) is 17.4 Å². The van der Waals surface area contributed by atoms with Crippen molar-refractivity contribution in [1.29, 1.82) is 0 Å². The number of halogens is 1. The van der Waals surface area contributed by atoms with Crippen LogP contribution in [0.4, 0.5) is 5.82 Å². The van der Waals surface area contributed by atoms with Crippen molar-refractivity contribution in [3.63, 3.8) is 0 Å². The van der Waals surface area contributed by atoms with Gasteiger partial charge in [-0.05, 0) is 25.1 Å². The SMILES string of the molecule is Cc1cc(N)n(Cc2ccc(Cl)c3cccnc23)n1. The molecule has 0 fully saturated rings. The van der Waals surface area contributed by atoms with Crippen LogP contribution in [-0.2, 0) is 6.54 Å². The third-order valence-corrected chi connectivity index (χ3v) is 3.38. The van der Waals surface area contributed by atoms with E-state index in [9.17, 15) is 0 Å². The molecule has 0 spiro atoms. The fourth-order valence-electron chi connectivity index (χ4n) is 2.18. The lowest BCUT2D eigenvalue weighted by Crippen LogP contribution is -2.06. The second-order valence-electron chi connectivity index (χ2n) is 4.47. The van der Waals surface area contributed by atoms with Gasteiger partial charge in [0.1, 0.15) is 5.82 Å². The number of hydrogen-bond donors (Lipinski definition) is 1. The zero-order valence-electron chi connectivity index (χ0n) is 10.5. The quantitative estimate of drug-likeness (QED) is 0.780. The molecule has 0 saturated heterocycles. The summed E-state index contributed by atoms with van der Waals surface area (Å²) >= 11 is 6.18. The lowest BCUT2D eigenvalue weighted by Gasteiger charge is -2.08. The summed E-state index contributed by atoms with van der Waals surface area (Å²) in [5, 5.41) is 6.02. The molecular weight excluding hydrogens is 260 g/mol. The Morgan fingerprint density at radius 1 is 1.32 bits per heavy atom. The molecule has 0 aliphatic carbocycles. The predicted octanol–water partition coefficient (Wildman–Crippen LogP) is 3.02. The van der Waals surface area contributed by atoms with Gasteiger partial charge in [0, 0.05) is 28.2 Å². The number of aryl methyl sites for hydroxylation is 1. The molecule has 0 aliphatic rings. The summed E-state index contributed by atoms with van der Waals surface area (Å²) in [6.45, 7) is 2.51. The molecule has 0 amide bonds. The largest absolute Gasteiger partial charge is 0.384 e. The molecule has 0 radical (unpaired) electrons. The molecule has 0 atom stereocenters. The summed E-state index contributed by atoms with van der Waals surface area (Å²) in [7, 11) is 0. The molecule has 2 aromatic heterocycles. The summed E-state index contributed by atoms with van der Waals surface area (Å²) in [6.07, 6.45) is 1.76. The molecule has 0 saturated carbocycles. The molecule has 3 rings (SSSR count). The van der Waals surface area contributed by atoms with Crippen molar-refractivity contribution in [3.05, 3.63) is 52.8 Å². The summed E-state index contributed by atoms with van der Waals surface area (Å²) in [5.74, 6) is 0.650. The van der Waals surface area contributed by atoms with E-state index >= 15 is 0 Å². The van der Waals surface area contributed by atoms with E-state index in [1.54, 1.807) is 10.9 Å². The van der Waals surface area contributed by atoms with Gasteiger partial charge in [0.25, 0.3) is 0 Å². The second-order valence-corrected chi connectivity index (χ2v) is 4.88. The molecular formula is C14H13ClN4. The molecule has 0 aliphatic heterocycles. The highest BCUT2D eigenvalue weighted by Gasteiger charge is 2.08. The number of nitrogens with zero attached hydrogens (tertiary/aromatic N) is 3. The number of anilines is 1. The number of benzene rings is 1. The highest BCUT2D eigenvalue weighted by Crippen LogP contribution is 2.25. The Kier molecular flexibility index (Phi) is 2.87. The smallest absolute Gasteiger partial charge is 0.122 e. The van der Waals surface area contributed by atoms with Crippen LogP contribution in [0.1, 0.15) is 11.3 Å². The first kappa shape index (κ1) is 12.0. The van der Waals surface area contributed by atoms with Gasteiger partial charge in [-0.2, -0.15) is 5.10 Å². The highest BCUT2D eigenvalue weighted by molar-refractivity contribution is 6.35. The van der Waals surface area contributed by atoms with Gasteiger partial charge in [-0.15, -0.1) is 0 Å². The number of rotatable bonds is 2. The number of nitrogen functional groups attached to an aromatic ring is 1. The van der Waals surface area contributed by atoms with Crippen LogP contribution < -0.4 is 5.73 Å². The Morgan fingerprint density at radius 3 is 2.89 bits per heavy atom. The standard InChI is InChI=1S/C14H13ClN4/c1-9-7-13(16)19(18-9)8-10-4-5-12(15)11-3-2-6-17-14(10)11/h2-7H,8,16H2,1H3. The van der Waals surface area contributed by atoms with E-state index in [1.165, 1.54) is 0 Å². The number of nitrogens with two attached hydrogens (primary N) is 1. The van der Waals surface area contributed by atoms with E-state index in [0.717, 1.165) is 22.2 Å². The maximum atomic E-state index is 6.18. The average Bonchev–Trinajstić information content (AvgIpc) is 2.72. The lowest BCUT2D eigenvalue weighted by molar-refractivity contribution is 0.691. The van der Waals surface area contributed by atoms with Gasteiger partial charge < -0.3 is 5.73 Å². The van der Waals surface area contributed by atoms with Crippen LogP contribution in [0.3, 0.4) is 0 Å². The Balaban J connectivity index is 2.11. The summed E-state index contributed by atoms with van der Waals surface area (Å²) in [4.78, 5) is 4.41. The Bertz CT molecular complexity index is 748. The van der Waals surface area contributed by atoms with Crippen LogP contribution in [0.2, 0.25) is 5.02 Å². The molecule has 19 heavy (non-hydrogen) atoms. The van der Waals surface area contributed by atoms with Crippen LogP contribution in [0.25, 0.3) is 10.9 Å². The summed E-state index contributed by atoms with van der Waals surface area (Å²) in [6, 6.07) is 9.55. The molecule has 0 unspecified atom stereocenters. The number of aromatic nitrogens is 3. The van der Waals surface area contributed by atoms with Crippen molar-refractivity contribution >= 4 is 28.3 Å². The van der Waals surface area contributed by atoms with Gasteiger partial charge in [0.05, 0.1) is 17.8 Å². The van der Waals surface area contributed by atoms with Crippen molar-refractivity contribution in [2.45, 2.75) is 13.5 Å². The van der Waals surface area contributed by atoms with Gasteiger partial charge in [0.15, 0.2) is 0 Å². The third kappa shape index (κ3) is 2.15. The van der Waals surface area contributed by atoms with Crippen molar-refractivity contribution in [2.24, 2.45) is 0 Å². The van der Waals surface area contributed by atoms with Crippen LogP contribution in [0, 0.1) is 6.92 Å². The van der Waals surface area contributed by atoms with Crippen LogP contribution in [0.5, 0.6) is 0 Å². The Hall–Kier alpha value is -2.07. The number of hydrogen-bond acceptors (Lipinski definition) is 3. The Labute approximate surface area is 115 Å². The van der Waals surface area contributed by atoms with E-state index in [1.807, 2.05) is 37.3 Å².